The van der Waals surface area contributed by atoms with Crippen molar-refractivity contribution in [1.29, 1.82) is 0 Å². The Morgan fingerprint density at radius 1 is 0.971 bits per heavy atom. The molecule has 0 aromatic heterocycles. The number of alkyl halides is 3. The van der Waals surface area contributed by atoms with Gasteiger partial charge in [-0.2, -0.15) is 13.2 Å². The number of halogens is 3. The minimum Gasteiger partial charge on any atom is -0.487 e. The van der Waals surface area contributed by atoms with Crippen LogP contribution in [0.4, 0.5) is 13.2 Å². The number of carboxylic acids is 1. The maximum atomic E-state index is 13.1. The molecule has 0 aliphatic rings. The monoisotopic (exact) mass is 473 g/mol. The van der Waals surface area contributed by atoms with Crippen LogP contribution in [0.25, 0.3) is 10.8 Å². The summed E-state index contributed by atoms with van der Waals surface area (Å²) < 4.78 is 44.4. The summed E-state index contributed by atoms with van der Waals surface area (Å²) in [7, 11) is 0. The highest BCUT2D eigenvalue weighted by atomic mass is 19.4. The molecule has 8 heteroatoms. The first-order valence-electron chi connectivity index (χ1n) is 10.7. The van der Waals surface area contributed by atoms with Gasteiger partial charge in [0.1, 0.15) is 18.4 Å². The molecule has 3 rings (SSSR count). The van der Waals surface area contributed by atoms with Gasteiger partial charge in [0.25, 0.3) is 5.91 Å². The van der Waals surface area contributed by atoms with E-state index in [1.54, 1.807) is 24.3 Å². The molecule has 0 heterocycles. The van der Waals surface area contributed by atoms with Gasteiger partial charge in [-0.15, -0.1) is 0 Å². The summed E-state index contributed by atoms with van der Waals surface area (Å²) in [6.07, 6.45) is -4.21. The maximum Gasteiger partial charge on any atom is 0.416 e. The Kier molecular flexibility index (Phi) is 7.19. The van der Waals surface area contributed by atoms with Gasteiger partial charge in [-0.1, -0.05) is 63.2 Å². The number of aliphatic carboxylic acids is 1. The lowest BCUT2D eigenvalue weighted by Crippen LogP contribution is -2.43. The van der Waals surface area contributed by atoms with Crippen LogP contribution >= 0.6 is 0 Å². The Balaban J connectivity index is 1.91. The van der Waals surface area contributed by atoms with Crippen LogP contribution in [0.3, 0.4) is 0 Å². The molecule has 2 N–H and O–H groups in total. The van der Waals surface area contributed by atoms with Crippen LogP contribution in [-0.2, 0) is 17.6 Å². The molecule has 0 saturated heterocycles. The van der Waals surface area contributed by atoms with Crippen LogP contribution in [0, 0.1) is 5.41 Å². The van der Waals surface area contributed by atoms with E-state index < -0.39 is 29.7 Å². The fourth-order valence-corrected chi connectivity index (χ4v) is 3.57. The molecule has 0 spiro atoms. The second-order valence-electron chi connectivity index (χ2n) is 9.28. The van der Waals surface area contributed by atoms with E-state index in [9.17, 15) is 27.9 Å². The third kappa shape index (κ3) is 6.27. The number of nitrogens with one attached hydrogen (secondary N) is 1. The zero-order valence-electron chi connectivity index (χ0n) is 19.1. The number of carbonyl (C=O) groups is 2. The van der Waals surface area contributed by atoms with Crippen molar-refractivity contribution < 1.29 is 32.6 Å². The highest BCUT2D eigenvalue weighted by Crippen LogP contribution is 2.32. The van der Waals surface area contributed by atoms with E-state index in [0.717, 1.165) is 17.5 Å². The molecule has 180 valence electrons. The smallest absolute Gasteiger partial charge is 0.416 e. The molecule has 1 unspecified atom stereocenters. The van der Waals surface area contributed by atoms with E-state index in [1.165, 1.54) is 12.1 Å². The van der Waals surface area contributed by atoms with Crippen molar-refractivity contribution in [3.8, 4) is 5.75 Å². The summed E-state index contributed by atoms with van der Waals surface area (Å²) in [6.45, 7) is 5.56. The fraction of sp³-hybridized carbons (Fsp3) is 0.308. The van der Waals surface area contributed by atoms with Gasteiger partial charge < -0.3 is 15.2 Å². The van der Waals surface area contributed by atoms with E-state index in [2.05, 4.69) is 5.32 Å². The second kappa shape index (κ2) is 9.75. The molecule has 0 bridgehead atoms. The Morgan fingerprint density at radius 3 is 2.21 bits per heavy atom. The van der Waals surface area contributed by atoms with Crippen LogP contribution in [0.5, 0.6) is 5.75 Å². The van der Waals surface area contributed by atoms with E-state index in [0.29, 0.717) is 10.9 Å². The van der Waals surface area contributed by atoms with Gasteiger partial charge in [0.15, 0.2) is 0 Å². The molecule has 1 atom stereocenters. The van der Waals surface area contributed by atoms with Crippen LogP contribution < -0.4 is 10.1 Å². The van der Waals surface area contributed by atoms with Crippen molar-refractivity contribution >= 4 is 22.6 Å². The van der Waals surface area contributed by atoms with Gasteiger partial charge in [-0.3, -0.25) is 4.79 Å². The van der Waals surface area contributed by atoms with Crippen LogP contribution in [-0.4, -0.2) is 23.0 Å². The lowest BCUT2D eigenvalue weighted by molar-refractivity contribution is -0.140. The van der Waals surface area contributed by atoms with Crippen molar-refractivity contribution in [2.75, 3.05) is 0 Å². The molecule has 0 aliphatic carbocycles. The van der Waals surface area contributed by atoms with Gasteiger partial charge in [0, 0.05) is 5.39 Å². The van der Waals surface area contributed by atoms with Crippen molar-refractivity contribution in [3.63, 3.8) is 0 Å². The molecule has 34 heavy (non-hydrogen) atoms. The van der Waals surface area contributed by atoms with Crippen molar-refractivity contribution in [3.05, 3.63) is 77.4 Å². The lowest BCUT2D eigenvalue weighted by atomic mass is 9.88. The molecule has 0 aliphatic heterocycles. The number of fused-ring (bicyclic) bond motifs is 1. The topological polar surface area (TPSA) is 75.6 Å². The van der Waals surface area contributed by atoms with Gasteiger partial charge >= 0.3 is 12.1 Å². The standard InChI is InChI=1S/C26H26F3NO4/c1-25(2,3)14-21(24(32)33)30-23(31)20-13-10-17-6-4-5-7-19(17)22(20)34-15-16-8-11-18(12-9-16)26(27,28)29/h4-13,21H,14-15H2,1-3H3,(H,30,31)(H,32,33). The second-order valence-corrected chi connectivity index (χ2v) is 9.28. The molecule has 0 fully saturated rings. The Labute approximate surface area is 195 Å². The normalized spacial score (nSPS) is 12.9. The predicted molar refractivity (Wildman–Crippen MR) is 123 cm³/mol. The van der Waals surface area contributed by atoms with Crippen LogP contribution in [0.1, 0.15) is 48.7 Å². The molecule has 0 radical (unpaired) electrons. The largest absolute Gasteiger partial charge is 0.487 e. The molecule has 3 aromatic carbocycles. The summed E-state index contributed by atoms with van der Waals surface area (Å²) in [5.74, 6) is -1.52. The number of hydrogen-bond donors (Lipinski definition) is 2. The molecular formula is C26H26F3NO4. The summed E-state index contributed by atoms with van der Waals surface area (Å²) in [6, 6.07) is 14.0. The number of benzene rings is 3. The summed E-state index contributed by atoms with van der Waals surface area (Å²) in [5.41, 5.74) is -0.462. The Bertz CT molecular complexity index is 1180. The minimum atomic E-state index is -4.44. The van der Waals surface area contributed by atoms with Crippen molar-refractivity contribution in [2.45, 2.75) is 46.0 Å². The molecule has 5 nitrogen and oxygen atoms in total. The maximum absolute atomic E-state index is 13.1. The molecular weight excluding hydrogens is 447 g/mol. The van der Waals surface area contributed by atoms with E-state index in [1.807, 2.05) is 32.9 Å². The number of carbonyl (C=O) groups excluding carboxylic acids is 1. The third-order valence-electron chi connectivity index (χ3n) is 5.21. The van der Waals surface area contributed by atoms with Crippen molar-refractivity contribution in [2.24, 2.45) is 5.41 Å². The van der Waals surface area contributed by atoms with Crippen LogP contribution in [0.2, 0.25) is 0 Å². The van der Waals surface area contributed by atoms with E-state index in [4.69, 9.17) is 4.74 Å². The average molecular weight is 473 g/mol. The highest BCUT2D eigenvalue weighted by Gasteiger charge is 2.30. The van der Waals surface area contributed by atoms with E-state index in [-0.39, 0.29) is 29.8 Å². The average Bonchev–Trinajstić information content (AvgIpc) is 2.75. The summed E-state index contributed by atoms with van der Waals surface area (Å²) in [5, 5.41) is 13.6. The summed E-state index contributed by atoms with van der Waals surface area (Å²) in [4.78, 5) is 24.8. The number of ether oxygens (including phenoxy) is 1. The van der Waals surface area contributed by atoms with Gasteiger partial charge in [-0.05, 0) is 41.0 Å². The van der Waals surface area contributed by atoms with Crippen LogP contribution in [0.15, 0.2) is 60.7 Å². The zero-order chi connectivity index (χ0) is 25.1. The van der Waals surface area contributed by atoms with Gasteiger partial charge in [0.05, 0.1) is 11.1 Å². The predicted octanol–water partition coefficient (Wildman–Crippen LogP) is 6.06. The number of amides is 1. The first-order valence-corrected chi connectivity index (χ1v) is 10.7. The molecule has 3 aromatic rings. The first-order chi connectivity index (χ1) is 15.8. The quantitative estimate of drug-likeness (QED) is 0.438. The van der Waals surface area contributed by atoms with Gasteiger partial charge in [-0.25, -0.2) is 4.79 Å². The van der Waals surface area contributed by atoms with E-state index >= 15 is 0 Å². The Morgan fingerprint density at radius 2 is 1.62 bits per heavy atom. The number of hydrogen-bond acceptors (Lipinski definition) is 3. The molecule has 0 saturated carbocycles. The summed E-state index contributed by atoms with van der Waals surface area (Å²) >= 11 is 0. The SMILES string of the molecule is CC(C)(C)CC(NC(=O)c1ccc2ccccc2c1OCc1ccc(C(F)(F)F)cc1)C(=O)O. The third-order valence-corrected chi connectivity index (χ3v) is 5.21. The number of rotatable bonds is 7. The Hall–Kier alpha value is -3.55. The molecule has 1 amide bonds. The minimum absolute atomic E-state index is 0.0726. The van der Waals surface area contributed by atoms with Gasteiger partial charge in [0.2, 0.25) is 0 Å². The zero-order valence-corrected chi connectivity index (χ0v) is 19.1. The highest BCUT2D eigenvalue weighted by molar-refractivity contribution is 6.04. The lowest BCUT2D eigenvalue weighted by Gasteiger charge is -2.24. The van der Waals surface area contributed by atoms with Crippen molar-refractivity contribution in [1.82, 2.24) is 5.32 Å². The fourth-order valence-electron chi connectivity index (χ4n) is 3.57. The number of carboxylic acid groups (broad SMARTS) is 1. The first kappa shape index (κ1) is 25.1.